The van der Waals surface area contributed by atoms with Crippen LogP contribution in [-0.4, -0.2) is 47.3 Å². The lowest BCUT2D eigenvalue weighted by Gasteiger charge is -2.26. The van der Waals surface area contributed by atoms with Crippen LogP contribution in [0.3, 0.4) is 0 Å². The molecule has 16 heavy (non-hydrogen) atoms. The molecule has 0 fully saturated rings. The Morgan fingerprint density at radius 2 is 2.38 bits per heavy atom. The van der Waals surface area contributed by atoms with Gasteiger partial charge in [-0.25, -0.2) is 0 Å². The smallest absolute Gasteiger partial charge is 0.179 e. The third kappa shape index (κ3) is 2.31. The van der Waals surface area contributed by atoms with Crippen LogP contribution in [0, 0.1) is 0 Å². The molecule has 88 valence electrons. The van der Waals surface area contributed by atoms with E-state index < -0.39 is 0 Å². The Kier molecular flexibility index (Phi) is 3.36. The summed E-state index contributed by atoms with van der Waals surface area (Å²) < 4.78 is 6.99. The molecule has 0 radical (unpaired) electrons. The van der Waals surface area contributed by atoms with Crippen molar-refractivity contribution in [1.82, 2.24) is 14.7 Å². The Balaban J connectivity index is 2.05. The van der Waals surface area contributed by atoms with Crippen LogP contribution in [0.5, 0.6) is 0 Å². The van der Waals surface area contributed by atoms with E-state index in [0.717, 1.165) is 38.5 Å². The van der Waals surface area contributed by atoms with E-state index in [-0.39, 0.29) is 5.78 Å². The van der Waals surface area contributed by atoms with Gasteiger partial charge in [-0.3, -0.25) is 14.4 Å². The Morgan fingerprint density at radius 1 is 1.56 bits per heavy atom. The minimum absolute atomic E-state index is 0.0327. The van der Waals surface area contributed by atoms with Crippen molar-refractivity contribution in [2.24, 2.45) is 0 Å². The van der Waals surface area contributed by atoms with E-state index in [9.17, 15) is 4.79 Å². The number of carbonyl (C=O) groups is 1. The van der Waals surface area contributed by atoms with E-state index in [4.69, 9.17) is 4.74 Å². The van der Waals surface area contributed by atoms with Crippen molar-refractivity contribution in [3.63, 3.8) is 0 Å². The predicted molar refractivity (Wildman–Crippen MR) is 59.4 cm³/mol. The number of fused-ring (bicyclic) bond motifs is 1. The highest BCUT2D eigenvalue weighted by molar-refractivity contribution is 5.92. The fraction of sp³-hybridized carbons (Fsp3) is 0.636. The maximum Gasteiger partial charge on any atom is 0.179 e. The van der Waals surface area contributed by atoms with Gasteiger partial charge in [0.2, 0.25) is 0 Å². The van der Waals surface area contributed by atoms with Gasteiger partial charge >= 0.3 is 0 Å². The average molecular weight is 223 g/mol. The van der Waals surface area contributed by atoms with E-state index >= 15 is 0 Å². The lowest BCUT2D eigenvalue weighted by Crippen LogP contribution is -2.35. The number of rotatable bonds is 4. The summed E-state index contributed by atoms with van der Waals surface area (Å²) >= 11 is 0. The summed E-state index contributed by atoms with van der Waals surface area (Å²) in [4.78, 5) is 13.5. The van der Waals surface area contributed by atoms with Crippen LogP contribution in [0.1, 0.15) is 23.1 Å². The Hall–Kier alpha value is -1.20. The number of aromatic nitrogens is 2. The van der Waals surface area contributed by atoms with Crippen molar-refractivity contribution in [1.29, 1.82) is 0 Å². The quantitative estimate of drug-likeness (QED) is 0.699. The third-order valence-corrected chi connectivity index (χ3v) is 2.85. The lowest BCUT2D eigenvalue weighted by molar-refractivity contribution is 0.101. The summed E-state index contributed by atoms with van der Waals surface area (Å²) in [5.74, 6) is 0.0327. The maximum absolute atomic E-state index is 11.2. The van der Waals surface area contributed by atoms with Crippen LogP contribution in [-0.2, 0) is 17.8 Å². The number of methoxy groups -OCH3 is 1. The van der Waals surface area contributed by atoms with Crippen LogP contribution in [0.25, 0.3) is 0 Å². The van der Waals surface area contributed by atoms with Crippen molar-refractivity contribution in [3.8, 4) is 0 Å². The van der Waals surface area contributed by atoms with Gasteiger partial charge in [0.25, 0.3) is 0 Å². The molecule has 5 nitrogen and oxygen atoms in total. The summed E-state index contributed by atoms with van der Waals surface area (Å²) in [7, 11) is 1.71. The van der Waals surface area contributed by atoms with Gasteiger partial charge in [-0.05, 0) is 6.07 Å². The number of ether oxygens (including phenoxy) is 1. The number of ketones is 1. The van der Waals surface area contributed by atoms with Gasteiger partial charge in [-0.2, -0.15) is 5.10 Å². The molecular weight excluding hydrogens is 206 g/mol. The molecule has 2 heterocycles. The van der Waals surface area contributed by atoms with E-state index in [0.29, 0.717) is 5.69 Å². The van der Waals surface area contributed by atoms with Gasteiger partial charge in [0.05, 0.1) is 18.8 Å². The molecule has 0 aromatic carbocycles. The number of Topliss-reactive ketones (excluding diaryl/α,β-unsaturated/α-hetero) is 1. The fourth-order valence-electron chi connectivity index (χ4n) is 1.90. The van der Waals surface area contributed by atoms with Crippen molar-refractivity contribution in [2.75, 3.05) is 26.8 Å². The predicted octanol–water partition coefficient (Wildman–Crippen LogP) is 0.548. The van der Waals surface area contributed by atoms with Crippen LogP contribution in [0.15, 0.2) is 6.07 Å². The molecule has 0 unspecified atom stereocenters. The molecule has 1 aromatic heterocycles. The highest BCUT2D eigenvalue weighted by Crippen LogP contribution is 2.13. The van der Waals surface area contributed by atoms with Crippen LogP contribution in [0.2, 0.25) is 0 Å². The van der Waals surface area contributed by atoms with Crippen LogP contribution >= 0.6 is 0 Å². The van der Waals surface area contributed by atoms with Crippen LogP contribution in [0.4, 0.5) is 0 Å². The summed E-state index contributed by atoms with van der Waals surface area (Å²) in [5.41, 5.74) is 1.69. The Morgan fingerprint density at radius 3 is 3.06 bits per heavy atom. The normalized spacial score (nSPS) is 16.1. The molecule has 1 aromatic rings. The van der Waals surface area contributed by atoms with E-state index in [1.807, 2.05) is 10.7 Å². The first-order valence-electron chi connectivity index (χ1n) is 5.49. The van der Waals surface area contributed by atoms with E-state index in [1.165, 1.54) is 0 Å². The lowest BCUT2D eigenvalue weighted by atomic mass is 10.2. The van der Waals surface area contributed by atoms with Gasteiger partial charge in [0.1, 0.15) is 5.69 Å². The van der Waals surface area contributed by atoms with Crippen molar-refractivity contribution in [2.45, 2.75) is 20.0 Å². The Labute approximate surface area is 95.0 Å². The average Bonchev–Trinajstić information content (AvgIpc) is 2.69. The summed E-state index contributed by atoms with van der Waals surface area (Å²) in [6, 6.07) is 1.89. The van der Waals surface area contributed by atoms with Crippen molar-refractivity contribution < 1.29 is 9.53 Å². The molecule has 0 atom stereocenters. The summed E-state index contributed by atoms with van der Waals surface area (Å²) in [6.45, 7) is 5.90. The topological polar surface area (TPSA) is 47.4 Å². The first-order chi connectivity index (χ1) is 7.70. The number of hydrogen-bond donors (Lipinski definition) is 0. The molecule has 1 aliphatic heterocycles. The number of hydrogen-bond acceptors (Lipinski definition) is 4. The van der Waals surface area contributed by atoms with Gasteiger partial charge in [0, 0.05) is 33.7 Å². The molecule has 1 aliphatic rings. The zero-order chi connectivity index (χ0) is 11.5. The SMILES string of the molecule is COCCN1CCn2nc(C(C)=O)cc2C1. The molecule has 5 heteroatoms. The van der Waals surface area contributed by atoms with E-state index in [2.05, 4.69) is 10.00 Å². The molecule has 0 N–H and O–H groups in total. The highest BCUT2D eigenvalue weighted by atomic mass is 16.5. The van der Waals surface area contributed by atoms with Crippen molar-refractivity contribution >= 4 is 5.78 Å². The van der Waals surface area contributed by atoms with E-state index in [1.54, 1.807) is 14.0 Å². The second-order valence-electron chi connectivity index (χ2n) is 4.07. The minimum atomic E-state index is 0.0327. The summed E-state index contributed by atoms with van der Waals surface area (Å²) in [6.07, 6.45) is 0. The standard InChI is InChI=1S/C11H17N3O2/c1-9(15)11-7-10-8-13(5-6-16-2)3-4-14(10)12-11/h7H,3-6,8H2,1-2H3. The van der Waals surface area contributed by atoms with Crippen LogP contribution < -0.4 is 0 Å². The number of nitrogens with zero attached hydrogens (tertiary/aromatic N) is 3. The fourth-order valence-corrected chi connectivity index (χ4v) is 1.90. The molecule has 0 amide bonds. The van der Waals surface area contributed by atoms with Crippen molar-refractivity contribution in [3.05, 3.63) is 17.5 Å². The summed E-state index contributed by atoms with van der Waals surface area (Å²) in [5, 5.41) is 4.27. The largest absolute Gasteiger partial charge is 0.383 e. The first kappa shape index (κ1) is 11.3. The molecule has 0 spiro atoms. The van der Waals surface area contributed by atoms with Gasteiger partial charge in [0.15, 0.2) is 5.78 Å². The molecule has 0 bridgehead atoms. The minimum Gasteiger partial charge on any atom is -0.383 e. The van der Waals surface area contributed by atoms with Gasteiger partial charge < -0.3 is 4.74 Å². The molecule has 0 aliphatic carbocycles. The molecule has 2 rings (SSSR count). The zero-order valence-corrected chi connectivity index (χ0v) is 9.77. The Bertz CT molecular complexity index is 387. The first-order valence-corrected chi connectivity index (χ1v) is 5.49. The monoisotopic (exact) mass is 223 g/mol. The molecule has 0 saturated carbocycles. The second-order valence-corrected chi connectivity index (χ2v) is 4.07. The molecular formula is C11H17N3O2. The maximum atomic E-state index is 11.2. The highest BCUT2D eigenvalue weighted by Gasteiger charge is 2.18. The van der Waals surface area contributed by atoms with Gasteiger partial charge in [-0.15, -0.1) is 0 Å². The number of carbonyl (C=O) groups excluding carboxylic acids is 1. The van der Waals surface area contributed by atoms with Gasteiger partial charge in [-0.1, -0.05) is 0 Å². The second kappa shape index (κ2) is 4.76. The zero-order valence-electron chi connectivity index (χ0n) is 9.77. The third-order valence-electron chi connectivity index (χ3n) is 2.85. The molecule has 0 saturated heterocycles.